The van der Waals surface area contributed by atoms with Gasteiger partial charge in [-0.15, -0.1) is 0 Å². The Hall–Kier alpha value is -2.82. The van der Waals surface area contributed by atoms with Crippen molar-refractivity contribution in [2.45, 2.75) is 18.6 Å². The molecule has 0 N–H and O–H groups in total. The van der Waals surface area contributed by atoms with Crippen LogP contribution in [-0.2, 0) is 14.2 Å². The number of piperidine rings is 1. The lowest BCUT2D eigenvalue weighted by molar-refractivity contribution is -0.169. The van der Waals surface area contributed by atoms with Gasteiger partial charge < -0.3 is 24.0 Å². The Kier molecular flexibility index (Phi) is 4.70. The first kappa shape index (κ1) is 18.9. The summed E-state index contributed by atoms with van der Waals surface area (Å²) in [4.78, 5) is 23.4. The molecule has 0 amide bonds. The summed E-state index contributed by atoms with van der Waals surface area (Å²) in [5.41, 5.74) is 1.88. The number of benzene rings is 1. The maximum absolute atomic E-state index is 5.88. The highest BCUT2D eigenvalue weighted by Crippen LogP contribution is 2.33. The van der Waals surface area contributed by atoms with Crippen molar-refractivity contribution in [1.29, 1.82) is 0 Å². The lowest BCUT2D eigenvalue weighted by Crippen LogP contribution is -2.46. The number of aromatic nitrogens is 5. The molecule has 10 heteroatoms. The van der Waals surface area contributed by atoms with Crippen molar-refractivity contribution in [2.24, 2.45) is 0 Å². The molecule has 2 aromatic heterocycles. The van der Waals surface area contributed by atoms with Crippen LogP contribution in [0.3, 0.4) is 0 Å². The zero-order chi connectivity index (χ0) is 20.7. The van der Waals surface area contributed by atoms with Gasteiger partial charge in [0.25, 0.3) is 0 Å². The smallest absolute Gasteiger partial charge is 0.242 e. The van der Waals surface area contributed by atoms with Crippen LogP contribution in [0, 0.1) is 0 Å². The van der Waals surface area contributed by atoms with Gasteiger partial charge in [-0.05, 0) is 12.1 Å². The van der Waals surface area contributed by atoms with E-state index in [9.17, 15) is 0 Å². The van der Waals surface area contributed by atoms with E-state index in [1.165, 1.54) is 0 Å². The monoisotopic (exact) mass is 423 g/mol. The third-order valence-corrected chi connectivity index (χ3v) is 6.18. The molecule has 6 rings (SSSR count). The molecule has 0 aliphatic carbocycles. The molecule has 3 aliphatic rings. The molecule has 3 fully saturated rings. The van der Waals surface area contributed by atoms with Crippen molar-refractivity contribution >= 4 is 22.9 Å². The van der Waals surface area contributed by atoms with E-state index in [1.807, 2.05) is 28.8 Å². The zero-order valence-electron chi connectivity index (χ0n) is 17.3. The van der Waals surface area contributed by atoms with Crippen molar-refractivity contribution in [3.05, 3.63) is 30.6 Å². The second-order valence-corrected chi connectivity index (χ2v) is 8.03. The molecule has 3 aromatic rings. The number of hydrogen-bond acceptors (Lipinski definition) is 9. The van der Waals surface area contributed by atoms with E-state index < -0.39 is 5.79 Å². The van der Waals surface area contributed by atoms with Gasteiger partial charge in [0.05, 0.1) is 37.5 Å². The van der Waals surface area contributed by atoms with E-state index in [4.69, 9.17) is 29.2 Å². The molecule has 10 nitrogen and oxygen atoms in total. The number of nitrogens with zero attached hydrogens (tertiary/aromatic N) is 7. The predicted octanol–water partition coefficient (Wildman–Crippen LogP) is 1.39. The minimum Gasteiger partial charge on any atom is -0.378 e. The number of ether oxygens (including phenoxy) is 3. The number of rotatable bonds is 3. The summed E-state index contributed by atoms with van der Waals surface area (Å²) in [5.74, 6) is 1.50. The molecule has 5 heterocycles. The Labute approximate surface area is 179 Å². The predicted molar refractivity (Wildman–Crippen MR) is 114 cm³/mol. The van der Waals surface area contributed by atoms with Crippen LogP contribution in [0.25, 0.3) is 17.0 Å². The van der Waals surface area contributed by atoms with Crippen molar-refractivity contribution < 1.29 is 14.2 Å². The summed E-state index contributed by atoms with van der Waals surface area (Å²) in [5, 5.41) is 0. The number of fused-ring (bicyclic) bond motifs is 1. The largest absolute Gasteiger partial charge is 0.378 e. The summed E-state index contributed by atoms with van der Waals surface area (Å²) in [6.45, 7) is 5.76. The van der Waals surface area contributed by atoms with Crippen molar-refractivity contribution in [3.63, 3.8) is 0 Å². The minimum absolute atomic E-state index is 0.431. The number of anilines is 2. The second kappa shape index (κ2) is 7.70. The molecule has 31 heavy (non-hydrogen) atoms. The molecule has 1 spiro atoms. The number of para-hydroxylation sites is 2. The molecule has 3 aliphatic heterocycles. The highest BCUT2D eigenvalue weighted by molar-refractivity contribution is 5.76. The lowest BCUT2D eigenvalue weighted by Gasteiger charge is -2.37. The van der Waals surface area contributed by atoms with Crippen LogP contribution < -0.4 is 9.80 Å². The SMILES string of the molecule is c1ccc2c(c1)ncn2-c1nc(N2CCOCC2)nc(N2CCC3(CC2)OCCO3)n1. The molecule has 1 aromatic carbocycles. The highest BCUT2D eigenvalue weighted by Gasteiger charge is 2.40. The van der Waals surface area contributed by atoms with Gasteiger partial charge >= 0.3 is 0 Å². The fraction of sp³-hybridized carbons (Fsp3) is 0.524. The molecule has 0 unspecified atom stereocenters. The van der Waals surface area contributed by atoms with Gasteiger partial charge in [-0.1, -0.05) is 12.1 Å². The maximum atomic E-state index is 5.88. The van der Waals surface area contributed by atoms with E-state index in [0.29, 0.717) is 44.3 Å². The normalized spacial score (nSPS) is 21.3. The van der Waals surface area contributed by atoms with Crippen LogP contribution in [0.2, 0.25) is 0 Å². The molecule has 0 atom stereocenters. The highest BCUT2D eigenvalue weighted by atomic mass is 16.7. The summed E-state index contributed by atoms with van der Waals surface area (Å²) < 4.78 is 19.2. The number of hydrogen-bond donors (Lipinski definition) is 0. The molecule has 162 valence electrons. The topological polar surface area (TPSA) is 90.7 Å². The Morgan fingerprint density at radius 2 is 1.39 bits per heavy atom. The van der Waals surface area contributed by atoms with Crippen molar-refractivity contribution in [2.75, 3.05) is 62.4 Å². The van der Waals surface area contributed by atoms with E-state index in [0.717, 1.165) is 50.1 Å². The number of imidazole rings is 1. The zero-order valence-corrected chi connectivity index (χ0v) is 17.3. The first-order chi connectivity index (χ1) is 15.3. The van der Waals surface area contributed by atoms with Crippen LogP contribution >= 0.6 is 0 Å². The van der Waals surface area contributed by atoms with Crippen LogP contribution in [0.4, 0.5) is 11.9 Å². The fourth-order valence-corrected chi connectivity index (χ4v) is 4.45. The summed E-state index contributed by atoms with van der Waals surface area (Å²) in [6.07, 6.45) is 3.38. The Balaban J connectivity index is 1.37. The van der Waals surface area contributed by atoms with Gasteiger partial charge in [0, 0.05) is 39.0 Å². The first-order valence-electron chi connectivity index (χ1n) is 10.8. The van der Waals surface area contributed by atoms with Gasteiger partial charge in [0.1, 0.15) is 6.33 Å². The van der Waals surface area contributed by atoms with E-state index in [-0.39, 0.29) is 0 Å². The fourth-order valence-electron chi connectivity index (χ4n) is 4.45. The first-order valence-corrected chi connectivity index (χ1v) is 10.8. The van der Waals surface area contributed by atoms with Crippen molar-refractivity contribution in [3.8, 4) is 5.95 Å². The van der Waals surface area contributed by atoms with Crippen molar-refractivity contribution in [1.82, 2.24) is 24.5 Å². The van der Waals surface area contributed by atoms with Gasteiger partial charge in [-0.3, -0.25) is 4.57 Å². The van der Waals surface area contributed by atoms with Crippen LogP contribution in [-0.4, -0.2) is 82.9 Å². The summed E-state index contributed by atoms with van der Waals surface area (Å²) in [6, 6.07) is 7.99. The summed E-state index contributed by atoms with van der Waals surface area (Å²) in [7, 11) is 0. The molecule has 0 bridgehead atoms. The van der Waals surface area contributed by atoms with Crippen LogP contribution in [0.1, 0.15) is 12.8 Å². The lowest BCUT2D eigenvalue weighted by atomic mass is 10.0. The Morgan fingerprint density at radius 1 is 0.742 bits per heavy atom. The third-order valence-electron chi connectivity index (χ3n) is 6.18. The quantitative estimate of drug-likeness (QED) is 0.620. The second-order valence-electron chi connectivity index (χ2n) is 8.03. The van der Waals surface area contributed by atoms with Gasteiger partial charge in [0.15, 0.2) is 5.79 Å². The maximum Gasteiger partial charge on any atom is 0.242 e. The van der Waals surface area contributed by atoms with Gasteiger partial charge in [-0.25, -0.2) is 4.98 Å². The molecule has 0 saturated carbocycles. The van der Waals surface area contributed by atoms with Gasteiger partial charge in [-0.2, -0.15) is 15.0 Å². The van der Waals surface area contributed by atoms with Crippen LogP contribution in [0.5, 0.6) is 0 Å². The average molecular weight is 423 g/mol. The van der Waals surface area contributed by atoms with Crippen LogP contribution in [0.15, 0.2) is 30.6 Å². The molecular weight excluding hydrogens is 398 g/mol. The summed E-state index contributed by atoms with van der Waals surface area (Å²) >= 11 is 0. The molecular formula is C21H25N7O3. The molecule has 0 radical (unpaired) electrons. The van der Waals surface area contributed by atoms with Gasteiger partial charge in [0.2, 0.25) is 17.8 Å². The minimum atomic E-state index is -0.431. The standard InChI is InChI=1S/C21H25N7O3/c1-2-4-17-16(3-1)22-15-28(17)20-24-18(23-19(25-20)27-9-11-29-12-10-27)26-7-5-21(6-8-26)30-13-14-31-21/h1-4,15H,5-14H2. The molecule has 3 saturated heterocycles. The van der Waals surface area contributed by atoms with E-state index in [1.54, 1.807) is 6.33 Å². The van der Waals surface area contributed by atoms with E-state index >= 15 is 0 Å². The Morgan fingerprint density at radius 3 is 2.13 bits per heavy atom. The Bertz CT molecular complexity index is 1070. The average Bonchev–Trinajstić information content (AvgIpc) is 3.47. The third kappa shape index (κ3) is 3.50. The van der Waals surface area contributed by atoms with E-state index in [2.05, 4.69) is 14.8 Å². The number of morpholine rings is 1.